The number of carbonyl (C=O) groups excluding carboxylic acids is 1. The van der Waals surface area contributed by atoms with Crippen LogP contribution in [0.15, 0.2) is 71.0 Å². The van der Waals surface area contributed by atoms with Gasteiger partial charge in [0.05, 0.1) is 5.69 Å². The van der Waals surface area contributed by atoms with Crippen molar-refractivity contribution in [3.8, 4) is 11.3 Å². The van der Waals surface area contributed by atoms with Crippen LogP contribution in [0, 0.1) is 0 Å². The first kappa shape index (κ1) is 17.2. The van der Waals surface area contributed by atoms with Crippen molar-refractivity contribution in [2.75, 3.05) is 5.32 Å². The Morgan fingerprint density at radius 1 is 1.11 bits per heavy atom. The number of rotatable bonds is 4. The predicted molar refractivity (Wildman–Crippen MR) is 109 cm³/mol. The third kappa shape index (κ3) is 3.27. The van der Waals surface area contributed by atoms with E-state index >= 15 is 0 Å². The summed E-state index contributed by atoms with van der Waals surface area (Å²) >= 11 is 1.37. The van der Waals surface area contributed by atoms with Crippen molar-refractivity contribution in [2.45, 2.75) is 13.3 Å². The molecule has 2 heterocycles. The quantitative estimate of drug-likeness (QED) is 0.580. The maximum atomic E-state index is 13.0. The molecular formula is C21H17N3O2S. The number of anilines is 1. The summed E-state index contributed by atoms with van der Waals surface area (Å²) in [6.07, 6.45) is 2.27. The lowest BCUT2D eigenvalue weighted by Crippen LogP contribution is -2.26. The number of amides is 1. The summed E-state index contributed by atoms with van der Waals surface area (Å²) in [5.41, 5.74) is 3.11. The van der Waals surface area contributed by atoms with Crippen LogP contribution < -0.4 is 10.9 Å². The largest absolute Gasteiger partial charge is 0.322 e. The fourth-order valence-electron chi connectivity index (χ4n) is 2.88. The Morgan fingerprint density at radius 3 is 2.56 bits per heavy atom. The highest BCUT2D eigenvalue weighted by Gasteiger charge is 2.17. The van der Waals surface area contributed by atoms with Crippen molar-refractivity contribution < 1.29 is 4.79 Å². The SMILES string of the molecule is CCc1ccc(NC(=O)c2cnc3scc(-c4ccccc4)n3c2=O)cc1. The van der Waals surface area contributed by atoms with Gasteiger partial charge in [-0.15, -0.1) is 11.3 Å². The molecule has 0 saturated carbocycles. The van der Waals surface area contributed by atoms with Gasteiger partial charge in [-0.1, -0.05) is 49.4 Å². The van der Waals surface area contributed by atoms with E-state index in [1.54, 1.807) is 0 Å². The predicted octanol–water partition coefficient (Wildman–Crippen LogP) is 4.24. The normalized spacial score (nSPS) is 10.9. The lowest BCUT2D eigenvalue weighted by atomic mass is 10.1. The standard InChI is InChI=1S/C21H17N3O2S/c1-2-14-8-10-16(11-9-14)23-19(25)17-12-22-21-24(20(17)26)18(13-27-21)15-6-4-3-5-7-15/h3-13H,2H2,1H3,(H,23,25). The Labute approximate surface area is 160 Å². The number of aromatic nitrogens is 2. The molecule has 4 aromatic rings. The monoisotopic (exact) mass is 375 g/mol. The summed E-state index contributed by atoms with van der Waals surface area (Å²) in [5.74, 6) is -0.462. The second-order valence-corrected chi connectivity index (χ2v) is 6.92. The van der Waals surface area contributed by atoms with E-state index in [1.165, 1.54) is 27.5 Å². The number of benzene rings is 2. The summed E-state index contributed by atoms with van der Waals surface area (Å²) in [6, 6.07) is 17.2. The fourth-order valence-corrected chi connectivity index (χ4v) is 3.74. The molecule has 2 aromatic carbocycles. The van der Waals surface area contributed by atoms with Crippen LogP contribution >= 0.6 is 11.3 Å². The first-order chi connectivity index (χ1) is 13.2. The highest BCUT2D eigenvalue weighted by Crippen LogP contribution is 2.23. The molecule has 0 aliphatic heterocycles. The molecule has 0 spiro atoms. The molecule has 1 N–H and O–H groups in total. The smallest absolute Gasteiger partial charge is 0.271 e. The lowest BCUT2D eigenvalue weighted by molar-refractivity contribution is 0.102. The zero-order chi connectivity index (χ0) is 18.8. The van der Waals surface area contributed by atoms with E-state index < -0.39 is 5.91 Å². The number of nitrogens with one attached hydrogen (secondary N) is 1. The van der Waals surface area contributed by atoms with Crippen LogP contribution in [0.1, 0.15) is 22.8 Å². The number of nitrogens with zero attached hydrogens (tertiary/aromatic N) is 2. The highest BCUT2D eigenvalue weighted by molar-refractivity contribution is 7.15. The van der Waals surface area contributed by atoms with Crippen LogP contribution in [0.5, 0.6) is 0 Å². The average molecular weight is 375 g/mol. The summed E-state index contributed by atoms with van der Waals surface area (Å²) in [7, 11) is 0. The van der Waals surface area contributed by atoms with Crippen LogP contribution in [0.4, 0.5) is 5.69 Å². The van der Waals surface area contributed by atoms with Gasteiger partial charge < -0.3 is 5.32 Å². The van der Waals surface area contributed by atoms with Crippen molar-refractivity contribution in [1.29, 1.82) is 0 Å². The molecule has 6 heteroatoms. The molecule has 2 aromatic heterocycles. The molecular weight excluding hydrogens is 358 g/mol. The Hall–Kier alpha value is -3.25. The average Bonchev–Trinajstić information content (AvgIpc) is 3.14. The summed E-state index contributed by atoms with van der Waals surface area (Å²) < 4.78 is 1.50. The summed E-state index contributed by atoms with van der Waals surface area (Å²) in [6.45, 7) is 2.07. The number of carbonyl (C=O) groups is 1. The van der Waals surface area contributed by atoms with E-state index in [9.17, 15) is 9.59 Å². The minimum atomic E-state index is -0.462. The fraction of sp³-hybridized carbons (Fsp3) is 0.0952. The maximum Gasteiger partial charge on any atom is 0.271 e. The molecule has 0 radical (unpaired) electrons. The minimum absolute atomic E-state index is 0.0163. The molecule has 0 fully saturated rings. The van der Waals surface area contributed by atoms with Crippen molar-refractivity contribution in [3.63, 3.8) is 0 Å². The van der Waals surface area contributed by atoms with Gasteiger partial charge in [0.15, 0.2) is 4.96 Å². The molecule has 0 saturated heterocycles. The third-order valence-electron chi connectivity index (χ3n) is 4.38. The molecule has 1 amide bonds. The van der Waals surface area contributed by atoms with Crippen LogP contribution in [-0.2, 0) is 6.42 Å². The van der Waals surface area contributed by atoms with E-state index in [4.69, 9.17) is 0 Å². The van der Waals surface area contributed by atoms with Crippen LogP contribution in [0.25, 0.3) is 16.2 Å². The third-order valence-corrected chi connectivity index (χ3v) is 5.22. The van der Waals surface area contributed by atoms with Crippen molar-refractivity contribution >= 4 is 27.9 Å². The first-order valence-electron chi connectivity index (χ1n) is 8.62. The van der Waals surface area contributed by atoms with Crippen molar-refractivity contribution in [2.24, 2.45) is 0 Å². The molecule has 0 aliphatic rings. The molecule has 4 rings (SSSR count). The van der Waals surface area contributed by atoms with E-state index in [0.717, 1.165) is 17.7 Å². The Balaban J connectivity index is 1.72. The Kier molecular flexibility index (Phi) is 4.56. The number of hydrogen-bond donors (Lipinski definition) is 1. The van der Waals surface area contributed by atoms with E-state index in [2.05, 4.69) is 17.2 Å². The van der Waals surface area contributed by atoms with E-state index in [0.29, 0.717) is 10.6 Å². The zero-order valence-electron chi connectivity index (χ0n) is 14.7. The second-order valence-electron chi connectivity index (χ2n) is 6.09. The number of hydrogen-bond acceptors (Lipinski definition) is 4. The Bertz CT molecular complexity index is 1160. The van der Waals surface area contributed by atoms with Crippen LogP contribution in [0.2, 0.25) is 0 Å². The van der Waals surface area contributed by atoms with Gasteiger partial charge in [0.2, 0.25) is 0 Å². The van der Waals surface area contributed by atoms with Gasteiger partial charge in [0.25, 0.3) is 11.5 Å². The van der Waals surface area contributed by atoms with Gasteiger partial charge in [-0.05, 0) is 29.7 Å². The lowest BCUT2D eigenvalue weighted by Gasteiger charge is -2.07. The van der Waals surface area contributed by atoms with Gasteiger partial charge in [0, 0.05) is 17.3 Å². The summed E-state index contributed by atoms with van der Waals surface area (Å²) in [4.78, 5) is 30.5. The van der Waals surface area contributed by atoms with Gasteiger partial charge >= 0.3 is 0 Å². The molecule has 27 heavy (non-hydrogen) atoms. The molecule has 0 unspecified atom stereocenters. The maximum absolute atomic E-state index is 13.0. The van der Waals surface area contributed by atoms with Gasteiger partial charge in [0.1, 0.15) is 5.56 Å². The molecule has 134 valence electrons. The molecule has 5 nitrogen and oxygen atoms in total. The van der Waals surface area contributed by atoms with E-state index in [1.807, 2.05) is 60.0 Å². The van der Waals surface area contributed by atoms with Crippen LogP contribution in [-0.4, -0.2) is 15.3 Å². The number of aryl methyl sites for hydroxylation is 1. The van der Waals surface area contributed by atoms with Crippen LogP contribution in [0.3, 0.4) is 0 Å². The Morgan fingerprint density at radius 2 is 1.85 bits per heavy atom. The van der Waals surface area contributed by atoms with Crippen molar-refractivity contribution in [3.05, 3.63) is 87.7 Å². The van der Waals surface area contributed by atoms with Gasteiger partial charge in [-0.3, -0.25) is 14.0 Å². The number of thiazole rings is 1. The highest BCUT2D eigenvalue weighted by atomic mass is 32.1. The zero-order valence-corrected chi connectivity index (χ0v) is 15.5. The van der Waals surface area contributed by atoms with Gasteiger partial charge in [-0.25, -0.2) is 4.98 Å². The summed E-state index contributed by atoms with van der Waals surface area (Å²) in [5, 5.41) is 4.66. The minimum Gasteiger partial charge on any atom is -0.322 e. The molecule has 0 atom stereocenters. The first-order valence-corrected chi connectivity index (χ1v) is 9.50. The van der Waals surface area contributed by atoms with E-state index in [-0.39, 0.29) is 11.1 Å². The molecule has 0 bridgehead atoms. The van der Waals surface area contributed by atoms with Gasteiger partial charge in [-0.2, -0.15) is 0 Å². The number of fused-ring (bicyclic) bond motifs is 1. The molecule has 0 aliphatic carbocycles. The topological polar surface area (TPSA) is 63.5 Å². The second kappa shape index (κ2) is 7.17. The van der Waals surface area contributed by atoms with Crippen molar-refractivity contribution in [1.82, 2.24) is 9.38 Å².